The lowest BCUT2D eigenvalue weighted by molar-refractivity contribution is 0.0785. The van der Waals surface area contributed by atoms with E-state index in [0.29, 0.717) is 17.9 Å². The van der Waals surface area contributed by atoms with Crippen LogP contribution in [0.3, 0.4) is 0 Å². The van der Waals surface area contributed by atoms with Gasteiger partial charge in [-0.2, -0.15) is 0 Å². The highest BCUT2D eigenvalue weighted by Gasteiger charge is 2.17. The van der Waals surface area contributed by atoms with Crippen LogP contribution in [0.25, 0.3) is 0 Å². The second kappa shape index (κ2) is 7.00. The van der Waals surface area contributed by atoms with Crippen molar-refractivity contribution in [3.05, 3.63) is 53.0 Å². The van der Waals surface area contributed by atoms with E-state index in [0.717, 1.165) is 5.56 Å². The van der Waals surface area contributed by atoms with Crippen LogP contribution in [0.5, 0.6) is 0 Å². The lowest BCUT2D eigenvalue weighted by Crippen LogP contribution is -2.27. The lowest BCUT2D eigenvalue weighted by Gasteiger charge is -2.18. The highest BCUT2D eigenvalue weighted by molar-refractivity contribution is 5.97. The second-order valence-electron chi connectivity index (χ2n) is 5.16. The molecule has 6 nitrogen and oxygen atoms in total. The maximum Gasteiger partial charge on any atom is 0.259 e. The minimum absolute atomic E-state index is 0.169. The van der Waals surface area contributed by atoms with E-state index in [9.17, 15) is 4.79 Å². The topological polar surface area (TPSA) is 81.3 Å². The van der Waals surface area contributed by atoms with Gasteiger partial charge in [-0.25, -0.2) is 9.97 Å². The number of carbonyl (C=O) groups excluding carboxylic acids is 1. The lowest BCUT2D eigenvalue weighted by atomic mass is 10.1. The van der Waals surface area contributed by atoms with Gasteiger partial charge in [0, 0.05) is 26.9 Å². The van der Waals surface area contributed by atoms with Crippen molar-refractivity contribution in [3.63, 3.8) is 0 Å². The van der Waals surface area contributed by atoms with Crippen molar-refractivity contribution < 1.29 is 9.53 Å². The highest BCUT2D eigenvalue weighted by atomic mass is 16.5. The standard InChI is InChI=1S/C16H20N4O2/c1-11-4-6-12(7-5-11)9-20(2)16(21)13-8-18-14(10-22-3)19-15(13)17/h4-8H,9-10H2,1-3H3,(H2,17,18,19). The van der Waals surface area contributed by atoms with Crippen LogP contribution in [0.15, 0.2) is 30.5 Å². The van der Waals surface area contributed by atoms with E-state index in [1.807, 2.05) is 31.2 Å². The van der Waals surface area contributed by atoms with Crippen LogP contribution >= 0.6 is 0 Å². The number of nitrogens with two attached hydrogens (primary N) is 1. The highest BCUT2D eigenvalue weighted by Crippen LogP contribution is 2.13. The van der Waals surface area contributed by atoms with Gasteiger partial charge in [-0.05, 0) is 12.5 Å². The fourth-order valence-electron chi connectivity index (χ4n) is 2.04. The summed E-state index contributed by atoms with van der Waals surface area (Å²) in [5, 5.41) is 0. The zero-order valence-corrected chi connectivity index (χ0v) is 13.0. The fraction of sp³-hybridized carbons (Fsp3) is 0.312. The Labute approximate surface area is 129 Å². The number of nitrogens with zero attached hydrogens (tertiary/aromatic N) is 3. The fourth-order valence-corrected chi connectivity index (χ4v) is 2.04. The largest absolute Gasteiger partial charge is 0.383 e. The first-order valence-electron chi connectivity index (χ1n) is 6.92. The number of nitrogen functional groups attached to an aromatic ring is 1. The van der Waals surface area contributed by atoms with Gasteiger partial charge in [-0.1, -0.05) is 29.8 Å². The average Bonchev–Trinajstić information content (AvgIpc) is 2.49. The van der Waals surface area contributed by atoms with E-state index in [2.05, 4.69) is 9.97 Å². The van der Waals surface area contributed by atoms with Gasteiger partial charge in [0.25, 0.3) is 5.91 Å². The van der Waals surface area contributed by atoms with Crippen LogP contribution in [-0.2, 0) is 17.9 Å². The van der Waals surface area contributed by atoms with Crippen LogP contribution in [0.1, 0.15) is 27.3 Å². The van der Waals surface area contributed by atoms with Crippen molar-refractivity contribution in [2.24, 2.45) is 0 Å². The predicted molar refractivity (Wildman–Crippen MR) is 84.1 cm³/mol. The van der Waals surface area contributed by atoms with Gasteiger partial charge in [-0.3, -0.25) is 4.79 Å². The summed E-state index contributed by atoms with van der Waals surface area (Å²) in [6, 6.07) is 8.04. The molecule has 1 aromatic heterocycles. The van der Waals surface area contributed by atoms with Crippen LogP contribution in [0.4, 0.5) is 5.82 Å². The van der Waals surface area contributed by atoms with Crippen molar-refractivity contribution >= 4 is 11.7 Å². The molecule has 2 N–H and O–H groups in total. The summed E-state index contributed by atoms with van der Waals surface area (Å²) in [5.41, 5.74) is 8.39. The number of benzene rings is 1. The third-order valence-electron chi connectivity index (χ3n) is 3.26. The number of carbonyl (C=O) groups is 1. The summed E-state index contributed by atoms with van der Waals surface area (Å²) in [7, 11) is 3.28. The molecule has 6 heteroatoms. The SMILES string of the molecule is COCc1ncc(C(=O)N(C)Cc2ccc(C)cc2)c(N)n1. The Morgan fingerprint density at radius 1 is 1.32 bits per heavy atom. The van der Waals surface area contributed by atoms with Gasteiger partial charge >= 0.3 is 0 Å². The molecule has 0 spiro atoms. The predicted octanol–water partition coefficient (Wildman–Crippen LogP) is 1.79. The van der Waals surface area contributed by atoms with Crippen LogP contribution < -0.4 is 5.73 Å². The minimum atomic E-state index is -0.206. The first-order chi connectivity index (χ1) is 10.5. The number of methoxy groups -OCH3 is 1. The number of hydrogen-bond donors (Lipinski definition) is 1. The molecule has 0 bridgehead atoms. The quantitative estimate of drug-likeness (QED) is 0.910. The summed E-state index contributed by atoms with van der Waals surface area (Å²) < 4.78 is 4.94. The zero-order chi connectivity index (χ0) is 16.1. The Hall–Kier alpha value is -2.47. The summed E-state index contributed by atoms with van der Waals surface area (Å²) >= 11 is 0. The molecule has 116 valence electrons. The van der Waals surface area contributed by atoms with E-state index in [1.165, 1.54) is 11.8 Å². The third kappa shape index (κ3) is 3.79. The number of rotatable bonds is 5. The number of hydrogen-bond acceptors (Lipinski definition) is 5. The second-order valence-corrected chi connectivity index (χ2v) is 5.16. The molecule has 0 aliphatic heterocycles. The molecular weight excluding hydrogens is 280 g/mol. The Balaban J connectivity index is 2.11. The van der Waals surface area contributed by atoms with E-state index in [4.69, 9.17) is 10.5 Å². The van der Waals surface area contributed by atoms with Gasteiger partial charge in [0.15, 0.2) is 5.82 Å². The maximum atomic E-state index is 12.4. The minimum Gasteiger partial charge on any atom is -0.383 e. The third-order valence-corrected chi connectivity index (χ3v) is 3.26. The average molecular weight is 300 g/mol. The Bertz CT molecular complexity index is 656. The Kier molecular flexibility index (Phi) is 5.06. The smallest absolute Gasteiger partial charge is 0.259 e. The van der Waals surface area contributed by atoms with Crippen molar-refractivity contribution in [3.8, 4) is 0 Å². The number of ether oxygens (including phenoxy) is 1. The maximum absolute atomic E-state index is 12.4. The summed E-state index contributed by atoms with van der Waals surface area (Å²) in [6.45, 7) is 2.79. The van der Waals surface area contributed by atoms with E-state index in [1.54, 1.807) is 19.1 Å². The van der Waals surface area contributed by atoms with Crippen molar-refractivity contribution in [1.82, 2.24) is 14.9 Å². The first kappa shape index (κ1) is 15.9. The van der Waals surface area contributed by atoms with Crippen LogP contribution in [0, 0.1) is 6.92 Å². The first-order valence-corrected chi connectivity index (χ1v) is 6.92. The zero-order valence-electron chi connectivity index (χ0n) is 13.0. The monoisotopic (exact) mass is 300 g/mol. The molecular formula is C16H20N4O2. The number of amides is 1. The molecule has 1 aromatic carbocycles. The van der Waals surface area contributed by atoms with Gasteiger partial charge in [0.1, 0.15) is 18.0 Å². The Morgan fingerprint density at radius 3 is 2.59 bits per heavy atom. The molecule has 0 saturated heterocycles. The molecule has 0 atom stereocenters. The molecule has 22 heavy (non-hydrogen) atoms. The molecule has 0 fully saturated rings. The molecule has 0 aliphatic carbocycles. The number of anilines is 1. The van der Waals surface area contributed by atoms with Crippen LogP contribution in [-0.4, -0.2) is 34.9 Å². The van der Waals surface area contributed by atoms with Gasteiger partial charge in [0.05, 0.1) is 0 Å². The summed E-state index contributed by atoms with van der Waals surface area (Å²) in [5.74, 6) is 0.419. The molecule has 2 rings (SSSR count). The molecule has 0 aliphatic rings. The van der Waals surface area contributed by atoms with Crippen molar-refractivity contribution in [1.29, 1.82) is 0 Å². The van der Waals surface area contributed by atoms with Crippen LogP contribution in [0.2, 0.25) is 0 Å². The molecule has 1 heterocycles. The number of aryl methyl sites for hydroxylation is 1. The van der Waals surface area contributed by atoms with Crippen molar-refractivity contribution in [2.75, 3.05) is 19.9 Å². The van der Waals surface area contributed by atoms with Gasteiger partial charge in [0.2, 0.25) is 0 Å². The Morgan fingerprint density at radius 2 is 2.00 bits per heavy atom. The molecule has 0 radical (unpaired) electrons. The van der Waals surface area contributed by atoms with E-state index >= 15 is 0 Å². The summed E-state index contributed by atoms with van der Waals surface area (Å²) in [6.07, 6.45) is 1.45. The molecule has 0 saturated carbocycles. The van der Waals surface area contributed by atoms with E-state index in [-0.39, 0.29) is 18.3 Å². The van der Waals surface area contributed by atoms with Gasteiger partial charge in [-0.15, -0.1) is 0 Å². The summed E-state index contributed by atoms with van der Waals surface area (Å²) in [4.78, 5) is 22.2. The molecule has 1 amide bonds. The van der Waals surface area contributed by atoms with Crippen molar-refractivity contribution in [2.45, 2.75) is 20.1 Å². The van der Waals surface area contributed by atoms with Gasteiger partial charge < -0.3 is 15.4 Å². The van der Waals surface area contributed by atoms with E-state index < -0.39 is 0 Å². The molecule has 0 unspecified atom stereocenters. The molecule has 2 aromatic rings. The normalized spacial score (nSPS) is 10.5. The number of aromatic nitrogens is 2.